The highest BCUT2D eigenvalue weighted by Crippen LogP contribution is 2.31. The first-order valence-corrected chi connectivity index (χ1v) is 9.51. The molecule has 29 heavy (non-hydrogen) atoms. The molecular formula is C20H21F3N4O2. The summed E-state index contributed by atoms with van der Waals surface area (Å²) in [4.78, 5) is 16.8. The van der Waals surface area contributed by atoms with Crippen molar-refractivity contribution in [1.29, 1.82) is 0 Å². The summed E-state index contributed by atoms with van der Waals surface area (Å²) in [6.07, 6.45) is -0.659. The zero-order valence-electron chi connectivity index (χ0n) is 16.1. The Balaban J connectivity index is 1.58. The van der Waals surface area contributed by atoms with E-state index in [0.717, 1.165) is 35.7 Å². The van der Waals surface area contributed by atoms with E-state index in [-0.39, 0.29) is 18.2 Å². The molecule has 0 unspecified atom stereocenters. The predicted molar refractivity (Wildman–Crippen MR) is 100 cm³/mol. The van der Waals surface area contributed by atoms with Gasteiger partial charge in [-0.1, -0.05) is 11.6 Å². The van der Waals surface area contributed by atoms with Crippen molar-refractivity contribution in [3.63, 3.8) is 0 Å². The molecule has 9 heteroatoms. The van der Waals surface area contributed by atoms with Crippen LogP contribution in [0.5, 0.6) is 0 Å². The molecule has 1 fully saturated rings. The maximum absolute atomic E-state index is 12.7. The van der Waals surface area contributed by atoms with Crippen LogP contribution in [-0.2, 0) is 17.5 Å². The number of alkyl halides is 3. The van der Waals surface area contributed by atoms with Crippen LogP contribution >= 0.6 is 0 Å². The van der Waals surface area contributed by atoms with Gasteiger partial charge >= 0.3 is 6.18 Å². The molecule has 0 radical (unpaired) electrons. The van der Waals surface area contributed by atoms with E-state index in [9.17, 15) is 18.0 Å². The average molecular weight is 406 g/mol. The molecule has 3 heterocycles. The van der Waals surface area contributed by atoms with Gasteiger partial charge in [0.1, 0.15) is 5.82 Å². The number of aryl methyl sites for hydroxylation is 2. The Morgan fingerprint density at radius 2 is 2.03 bits per heavy atom. The lowest BCUT2D eigenvalue weighted by molar-refractivity contribution is -0.142. The normalized spacial score (nSPS) is 14.9. The van der Waals surface area contributed by atoms with Crippen LogP contribution in [0.1, 0.15) is 48.4 Å². The first-order chi connectivity index (χ1) is 13.7. The highest BCUT2D eigenvalue weighted by molar-refractivity contribution is 5.92. The van der Waals surface area contributed by atoms with E-state index >= 15 is 0 Å². The number of amides is 1. The lowest BCUT2D eigenvalue weighted by Crippen LogP contribution is -2.21. The molecule has 0 atom stereocenters. The second-order valence-corrected chi connectivity index (χ2v) is 7.66. The topological polar surface area (TPSA) is 73.0 Å². The average Bonchev–Trinajstić information content (AvgIpc) is 3.18. The number of nitrogens with zero attached hydrogens (tertiary/aromatic N) is 3. The predicted octanol–water partition coefficient (Wildman–Crippen LogP) is 4.84. The third kappa shape index (κ3) is 3.99. The van der Waals surface area contributed by atoms with Gasteiger partial charge in [0.15, 0.2) is 11.5 Å². The van der Waals surface area contributed by atoms with E-state index in [2.05, 4.69) is 15.5 Å². The molecule has 0 aliphatic heterocycles. The fraction of sp³-hybridized carbons (Fsp3) is 0.450. The Hall–Kier alpha value is -2.84. The zero-order chi connectivity index (χ0) is 20.8. The molecule has 154 valence electrons. The van der Waals surface area contributed by atoms with Crippen LogP contribution in [0.15, 0.2) is 22.7 Å². The minimum Gasteiger partial charge on any atom is -0.359 e. The number of aromatic nitrogens is 3. The number of carbonyl (C=O) groups excluding carboxylic acids is 1. The number of halogens is 3. The summed E-state index contributed by atoms with van der Waals surface area (Å²) < 4.78 is 44.9. The van der Waals surface area contributed by atoms with Crippen LogP contribution in [0, 0.1) is 19.8 Å². The second kappa shape index (κ2) is 7.20. The number of nitrogens with one attached hydrogen (secondary N) is 1. The Labute approximate surface area is 165 Å². The van der Waals surface area contributed by atoms with Crippen LogP contribution in [0.2, 0.25) is 0 Å². The third-order valence-electron chi connectivity index (χ3n) is 5.40. The maximum atomic E-state index is 12.7. The highest BCUT2D eigenvalue weighted by atomic mass is 19.4. The first-order valence-electron chi connectivity index (χ1n) is 9.51. The SMILES string of the molecule is Cc1cc2c(cc(C)n2Cc2cc(C(F)(F)F)no2)nc1NC(=O)CC1CCC1. The van der Waals surface area contributed by atoms with Gasteiger partial charge < -0.3 is 14.4 Å². The van der Waals surface area contributed by atoms with Crippen molar-refractivity contribution in [3.8, 4) is 0 Å². The zero-order valence-corrected chi connectivity index (χ0v) is 16.1. The molecule has 1 aliphatic rings. The summed E-state index contributed by atoms with van der Waals surface area (Å²) in [5, 5.41) is 5.99. The largest absolute Gasteiger partial charge is 0.436 e. The summed E-state index contributed by atoms with van der Waals surface area (Å²) in [5.41, 5.74) is 1.96. The third-order valence-corrected chi connectivity index (χ3v) is 5.40. The van der Waals surface area contributed by atoms with Crippen LogP contribution in [0.25, 0.3) is 11.0 Å². The molecule has 3 aromatic rings. The molecule has 3 aromatic heterocycles. The molecule has 1 N–H and O–H groups in total. The van der Waals surface area contributed by atoms with E-state index in [1.54, 1.807) is 0 Å². The Morgan fingerprint density at radius 3 is 2.66 bits per heavy atom. The fourth-order valence-corrected chi connectivity index (χ4v) is 3.56. The van der Waals surface area contributed by atoms with Gasteiger partial charge in [-0.15, -0.1) is 0 Å². The van der Waals surface area contributed by atoms with Crippen molar-refractivity contribution in [2.75, 3.05) is 5.32 Å². The van der Waals surface area contributed by atoms with Gasteiger partial charge in [-0.2, -0.15) is 13.2 Å². The van der Waals surface area contributed by atoms with E-state index in [4.69, 9.17) is 4.52 Å². The number of pyridine rings is 1. The molecule has 1 amide bonds. The molecule has 0 bridgehead atoms. The van der Waals surface area contributed by atoms with E-state index in [1.807, 2.05) is 30.5 Å². The Bertz CT molecular complexity index is 1060. The van der Waals surface area contributed by atoms with Gasteiger partial charge in [0, 0.05) is 18.2 Å². The van der Waals surface area contributed by atoms with Gasteiger partial charge in [-0.05, 0) is 50.3 Å². The molecule has 4 rings (SSSR count). The van der Waals surface area contributed by atoms with Crippen molar-refractivity contribution in [1.82, 2.24) is 14.7 Å². The van der Waals surface area contributed by atoms with Crippen molar-refractivity contribution in [2.45, 2.75) is 52.3 Å². The van der Waals surface area contributed by atoms with Gasteiger partial charge in [-0.25, -0.2) is 4.98 Å². The number of hydrogen-bond acceptors (Lipinski definition) is 4. The first kappa shape index (κ1) is 19.5. The standard InChI is InChI=1S/C20H21F3N4O2/c1-11-6-16-15(24-19(11)25-18(28)8-13-4-3-5-13)7-12(2)27(16)10-14-9-17(26-29-14)20(21,22)23/h6-7,9,13H,3-5,8,10H2,1-2H3,(H,24,25,28). The lowest BCUT2D eigenvalue weighted by Gasteiger charge is -2.24. The summed E-state index contributed by atoms with van der Waals surface area (Å²) in [7, 11) is 0. The van der Waals surface area contributed by atoms with Crippen LogP contribution in [0.4, 0.5) is 19.0 Å². The van der Waals surface area contributed by atoms with Gasteiger partial charge in [0.25, 0.3) is 0 Å². The summed E-state index contributed by atoms with van der Waals surface area (Å²) >= 11 is 0. The maximum Gasteiger partial charge on any atom is 0.436 e. The number of rotatable bonds is 5. The molecule has 0 aromatic carbocycles. The van der Waals surface area contributed by atoms with Crippen LogP contribution in [0.3, 0.4) is 0 Å². The van der Waals surface area contributed by atoms with Crippen molar-refractivity contribution in [3.05, 3.63) is 40.9 Å². The summed E-state index contributed by atoms with van der Waals surface area (Å²) in [5.74, 6) is 1.04. The van der Waals surface area contributed by atoms with Crippen molar-refractivity contribution in [2.24, 2.45) is 5.92 Å². The molecule has 0 saturated heterocycles. The van der Waals surface area contributed by atoms with Gasteiger partial charge in [0.2, 0.25) is 5.91 Å². The quantitative estimate of drug-likeness (QED) is 0.658. The summed E-state index contributed by atoms with van der Waals surface area (Å²) in [6, 6.07) is 4.60. The number of anilines is 1. The number of carbonyl (C=O) groups is 1. The van der Waals surface area contributed by atoms with Crippen molar-refractivity contribution >= 4 is 22.8 Å². The van der Waals surface area contributed by atoms with Crippen LogP contribution in [-0.4, -0.2) is 20.6 Å². The minimum absolute atomic E-state index is 0.0397. The van der Waals surface area contributed by atoms with E-state index < -0.39 is 11.9 Å². The second-order valence-electron chi connectivity index (χ2n) is 7.66. The Kier molecular flexibility index (Phi) is 4.84. The van der Waals surface area contributed by atoms with E-state index in [0.29, 0.717) is 23.7 Å². The monoisotopic (exact) mass is 406 g/mol. The Morgan fingerprint density at radius 1 is 1.28 bits per heavy atom. The molecule has 6 nitrogen and oxygen atoms in total. The fourth-order valence-electron chi connectivity index (χ4n) is 3.56. The van der Waals surface area contributed by atoms with Crippen LogP contribution < -0.4 is 5.32 Å². The molecule has 1 aliphatic carbocycles. The number of hydrogen-bond donors (Lipinski definition) is 1. The smallest absolute Gasteiger partial charge is 0.359 e. The van der Waals surface area contributed by atoms with Gasteiger partial charge in [0.05, 0.1) is 17.6 Å². The van der Waals surface area contributed by atoms with E-state index in [1.165, 1.54) is 6.42 Å². The lowest BCUT2D eigenvalue weighted by atomic mass is 9.83. The highest BCUT2D eigenvalue weighted by Gasteiger charge is 2.35. The van der Waals surface area contributed by atoms with Gasteiger partial charge in [-0.3, -0.25) is 4.79 Å². The molecular weight excluding hydrogens is 385 g/mol. The number of fused-ring (bicyclic) bond motifs is 1. The summed E-state index contributed by atoms with van der Waals surface area (Å²) in [6.45, 7) is 3.79. The van der Waals surface area contributed by atoms with Crippen molar-refractivity contribution < 1.29 is 22.5 Å². The minimum atomic E-state index is -4.54. The molecule has 1 saturated carbocycles. The molecule has 0 spiro atoms.